The molecule has 7 heteroatoms. The number of thioether (sulfide) groups is 1. The molecule has 3 heterocycles. The topological polar surface area (TPSA) is 64.7 Å². The first kappa shape index (κ1) is 22.0. The van der Waals surface area contributed by atoms with E-state index >= 15 is 0 Å². The van der Waals surface area contributed by atoms with Gasteiger partial charge in [-0.15, -0.1) is 0 Å². The Morgan fingerprint density at radius 3 is 2.66 bits per heavy atom. The molecule has 1 saturated heterocycles. The first-order chi connectivity index (χ1) is 15.3. The van der Waals surface area contributed by atoms with Crippen molar-refractivity contribution < 1.29 is 18.7 Å². The van der Waals surface area contributed by atoms with Crippen LogP contribution in [0.2, 0.25) is 0 Å². The van der Waals surface area contributed by atoms with Crippen LogP contribution >= 0.6 is 11.8 Å². The molecule has 1 fully saturated rings. The summed E-state index contributed by atoms with van der Waals surface area (Å²) < 4.78 is 13.4. The van der Waals surface area contributed by atoms with E-state index in [1.54, 1.807) is 12.3 Å². The SMILES string of the molecule is Cc1ccc(C)c(OCCN2C(=O)S/C(=C\c3cc(C)n(Cc4ccco4)c3C)C2=O)c1. The van der Waals surface area contributed by atoms with Crippen molar-refractivity contribution in [2.45, 2.75) is 34.2 Å². The molecule has 0 radical (unpaired) electrons. The van der Waals surface area contributed by atoms with E-state index < -0.39 is 0 Å². The number of rotatable bonds is 7. The quantitative estimate of drug-likeness (QED) is 0.446. The van der Waals surface area contributed by atoms with Crippen molar-refractivity contribution in [3.63, 3.8) is 0 Å². The van der Waals surface area contributed by atoms with Crippen LogP contribution in [0.25, 0.3) is 6.08 Å². The lowest BCUT2D eigenvalue weighted by atomic mass is 10.1. The Hall–Kier alpha value is -3.19. The lowest BCUT2D eigenvalue weighted by molar-refractivity contribution is -0.123. The fourth-order valence-electron chi connectivity index (χ4n) is 3.72. The number of aromatic nitrogens is 1. The zero-order chi connectivity index (χ0) is 22.8. The number of ether oxygens (including phenoxy) is 1. The number of aryl methyl sites for hydroxylation is 3. The summed E-state index contributed by atoms with van der Waals surface area (Å²) in [6.45, 7) is 9.09. The Balaban J connectivity index is 1.45. The van der Waals surface area contributed by atoms with Gasteiger partial charge in [0.15, 0.2) is 0 Å². The Bertz CT molecular complexity index is 1190. The van der Waals surface area contributed by atoms with Crippen molar-refractivity contribution in [3.8, 4) is 5.75 Å². The van der Waals surface area contributed by atoms with Gasteiger partial charge >= 0.3 is 0 Å². The maximum absolute atomic E-state index is 12.9. The number of nitrogens with zero attached hydrogens (tertiary/aromatic N) is 2. The Morgan fingerprint density at radius 1 is 1.09 bits per heavy atom. The van der Waals surface area contributed by atoms with E-state index in [9.17, 15) is 9.59 Å². The fraction of sp³-hybridized carbons (Fsp3) is 0.280. The molecule has 1 aliphatic heterocycles. The van der Waals surface area contributed by atoms with Crippen molar-refractivity contribution in [2.75, 3.05) is 13.2 Å². The Morgan fingerprint density at radius 2 is 1.91 bits per heavy atom. The van der Waals surface area contributed by atoms with Crippen LogP contribution in [-0.2, 0) is 11.3 Å². The number of hydrogen-bond acceptors (Lipinski definition) is 5. The van der Waals surface area contributed by atoms with Crippen LogP contribution in [0, 0.1) is 27.7 Å². The van der Waals surface area contributed by atoms with Crippen LogP contribution in [-0.4, -0.2) is 33.8 Å². The number of carbonyl (C=O) groups is 2. The molecule has 1 aromatic carbocycles. The second-order valence-corrected chi connectivity index (χ2v) is 8.94. The molecule has 0 bridgehead atoms. The third kappa shape index (κ3) is 4.53. The number of hydrogen-bond donors (Lipinski definition) is 0. The smallest absolute Gasteiger partial charge is 0.293 e. The van der Waals surface area contributed by atoms with Crippen molar-refractivity contribution >= 4 is 29.0 Å². The molecule has 1 aliphatic rings. The first-order valence-corrected chi connectivity index (χ1v) is 11.3. The molecular formula is C25H26N2O4S. The van der Waals surface area contributed by atoms with E-state index in [4.69, 9.17) is 9.15 Å². The molecule has 3 aromatic rings. The third-order valence-corrected chi connectivity index (χ3v) is 6.49. The molecule has 166 valence electrons. The van der Waals surface area contributed by atoms with Gasteiger partial charge in [0.1, 0.15) is 18.1 Å². The zero-order valence-electron chi connectivity index (χ0n) is 18.7. The molecule has 2 amide bonds. The summed E-state index contributed by atoms with van der Waals surface area (Å²) in [5.74, 6) is 1.36. The van der Waals surface area contributed by atoms with Gasteiger partial charge in [0.05, 0.1) is 24.3 Å². The average molecular weight is 451 g/mol. The molecular weight excluding hydrogens is 424 g/mol. The summed E-state index contributed by atoms with van der Waals surface area (Å²) in [4.78, 5) is 27.0. The highest BCUT2D eigenvalue weighted by atomic mass is 32.2. The predicted molar refractivity (Wildman–Crippen MR) is 126 cm³/mol. The highest BCUT2D eigenvalue weighted by Gasteiger charge is 2.35. The molecule has 0 unspecified atom stereocenters. The largest absolute Gasteiger partial charge is 0.491 e. The zero-order valence-corrected chi connectivity index (χ0v) is 19.5. The van der Waals surface area contributed by atoms with Crippen LogP contribution in [0.1, 0.15) is 33.8 Å². The van der Waals surface area contributed by atoms with E-state index in [0.717, 1.165) is 51.3 Å². The van der Waals surface area contributed by atoms with Crippen molar-refractivity contribution in [1.82, 2.24) is 9.47 Å². The highest BCUT2D eigenvalue weighted by molar-refractivity contribution is 8.18. The minimum absolute atomic E-state index is 0.215. The maximum atomic E-state index is 12.9. The number of benzene rings is 1. The second-order valence-electron chi connectivity index (χ2n) is 7.94. The van der Waals surface area contributed by atoms with Crippen LogP contribution in [0.5, 0.6) is 5.75 Å². The molecule has 2 aromatic heterocycles. The standard InChI is InChI=1S/C25H26N2O4S/c1-16-7-8-17(2)22(12-16)31-11-9-26-24(28)23(32-25(26)29)14-20-13-18(3)27(19(20)4)15-21-6-5-10-30-21/h5-8,10,12-14H,9,11,15H2,1-4H3/b23-14-. The molecule has 0 spiro atoms. The molecule has 4 rings (SSSR count). The average Bonchev–Trinajstić information content (AvgIpc) is 3.43. The normalized spacial score (nSPS) is 15.2. The predicted octanol–water partition coefficient (Wildman–Crippen LogP) is 5.48. The Labute approximate surface area is 191 Å². The summed E-state index contributed by atoms with van der Waals surface area (Å²) in [5, 5.41) is -0.268. The van der Waals surface area contributed by atoms with Gasteiger partial charge in [-0.2, -0.15) is 0 Å². The van der Waals surface area contributed by atoms with Gasteiger partial charge < -0.3 is 13.7 Å². The summed E-state index contributed by atoms with van der Waals surface area (Å²) in [6.07, 6.45) is 3.46. The van der Waals surface area contributed by atoms with Gasteiger partial charge in [-0.25, -0.2) is 0 Å². The summed E-state index contributed by atoms with van der Waals surface area (Å²) in [5.41, 5.74) is 5.13. The molecule has 32 heavy (non-hydrogen) atoms. The molecule has 6 nitrogen and oxygen atoms in total. The summed E-state index contributed by atoms with van der Waals surface area (Å²) in [7, 11) is 0. The fourth-order valence-corrected chi connectivity index (χ4v) is 4.58. The first-order valence-electron chi connectivity index (χ1n) is 10.5. The molecule has 0 atom stereocenters. The molecule has 0 N–H and O–H groups in total. The lowest BCUT2D eigenvalue weighted by Crippen LogP contribution is -2.32. The Kier molecular flexibility index (Phi) is 6.28. The van der Waals surface area contributed by atoms with Crippen LogP contribution in [0.4, 0.5) is 4.79 Å². The van der Waals surface area contributed by atoms with E-state index in [2.05, 4.69) is 4.57 Å². The van der Waals surface area contributed by atoms with Gasteiger partial charge in [-0.3, -0.25) is 14.5 Å². The van der Waals surface area contributed by atoms with Gasteiger partial charge in [0, 0.05) is 11.4 Å². The van der Waals surface area contributed by atoms with Gasteiger partial charge in [0.2, 0.25) is 0 Å². The third-order valence-electron chi connectivity index (χ3n) is 5.58. The minimum Gasteiger partial charge on any atom is -0.491 e. The summed E-state index contributed by atoms with van der Waals surface area (Å²) in [6, 6.07) is 11.8. The lowest BCUT2D eigenvalue weighted by Gasteiger charge is -2.14. The monoisotopic (exact) mass is 450 g/mol. The molecule has 0 aliphatic carbocycles. The van der Waals surface area contributed by atoms with E-state index in [1.807, 2.05) is 64.1 Å². The summed E-state index contributed by atoms with van der Waals surface area (Å²) >= 11 is 0.973. The second kappa shape index (κ2) is 9.12. The minimum atomic E-state index is -0.277. The number of imide groups is 1. The van der Waals surface area contributed by atoms with Gasteiger partial charge in [-0.1, -0.05) is 12.1 Å². The highest BCUT2D eigenvalue weighted by Crippen LogP contribution is 2.33. The number of amides is 2. The number of furan rings is 1. The van der Waals surface area contributed by atoms with E-state index in [0.29, 0.717) is 11.4 Å². The maximum Gasteiger partial charge on any atom is 0.293 e. The van der Waals surface area contributed by atoms with Crippen LogP contribution in [0.3, 0.4) is 0 Å². The molecule has 0 saturated carbocycles. The van der Waals surface area contributed by atoms with Gasteiger partial charge in [-0.05, 0) is 86.5 Å². The van der Waals surface area contributed by atoms with E-state index in [1.165, 1.54) is 4.90 Å². The van der Waals surface area contributed by atoms with Crippen molar-refractivity contribution in [2.24, 2.45) is 0 Å². The van der Waals surface area contributed by atoms with Gasteiger partial charge in [0.25, 0.3) is 11.1 Å². The van der Waals surface area contributed by atoms with Crippen LogP contribution < -0.4 is 4.74 Å². The van der Waals surface area contributed by atoms with Crippen molar-refractivity contribution in [3.05, 3.63) is 81.4 Å². The van der Waals surface area contributed by atoms with Crippen LogP contribution in [0.15, 0.2) is 52.0 Å². The van der Waals surface area contributed by atoms with Crippen molar-refractivity contribution in [1.29, 1.82) is 0 Å². The number of carbonyl (C=O) groups excluding carboxylic acids is 2. The van der Waals surface area contributed by atoms with E-state index in [-0.39, 0.29) is 24.3 Å².